The van der Waals surface area contributed by atoms with E-state index in [0.29, 0.717) is 16.9 Å². The number of hydrogen-bond acceptors (Lipinski definition) is 2. The van der Waals surface area contributed by atoms with E-state index >= 15 is 0 Å². The maximum absolute atomic E-state index is 5.69. The highest BCUT2D eigenvalue weighted by molar-refractivity contribution is 6.31. The molecule has 0 aliphatic heterocycles. The molecule has 1 heterocycles. The summed E-state index contributed by atoms with van der Waals surface area (Å²) in [5, 5.41) is 0.447. The van der Waals surface area contributed by atoms with E-state index in [1.807, 2.05) is 0 Å². The molecule has 0 radical (unpaired) electrons. The van der Waals surface area contributed by atoms with Crippen LogP contribution >= 0.6 is 23.2 Å². The molecule has 10 heavy (non-hydrogen) atoms. The molecule has 1 aromatic heterocycles. The summed E-state index contributed by atoms with van der Waals surface area (Å²) >= 11 is 11.2. The van der Waals surface area contributed by atoms with E-state index in [0.717, 1.165) is 5.56 Å². The van der Waals surface area contributed by atoms with E-state index < -0.39 is 0 Å². The Morgan fingerprint density at radius 1 is 1.60 bits per heavy atom. The quantitative estimate of drug-likeness (QED) is 0.485. The number of aromatic nitrogens is 2. The second kappa shape index (κ2) is 3.17. The van der Waals surface area contributed by atoms with Crippen LogP contribution in [0, 0.1) is 6.92 Å². The van der Waals surface area contributed by atoms with Crippen molar-refractivity contribution >= 4 is 23.2 Å². The van der Waals surface area contributed by atoms with Crippen LogP contribution in [-0.4, -0.2) is 9.97 Å². The topological polar surface area (TPSA) is 25.8 Å². The van der Waals surface area contributed by atoms with Gasteiger partial charge in [-0.1, -0.05) is 11.6 Å². The molecule has 0 saturated heterocycles. The Labute approximate surface area is 69.2 Å². The molecule has 0 saturated carbocycles. The molecule has 1 rings (SSSR count). The van der Waals surface area contributed by atoms with Crippen molar-refractivity contribution in [1.29, 1.82) is 0 Å². The lowest BCUT2D eigenvalue weighted by atomic mass is 10.4. The lowest BCUT2D eigenvalue weighted by molar-refractivity contribution is 1.03. The highest BCUT2D eigenvalue weighted by atomic mass is 35.5. The van der Waals surface area contributed by atoms with Gasteiger partial charge in [0.1, 0.15) is 11.0 Å². The first-order valence-corrected chi connectivity index (χ1v) is 3.69. The van der Waals surface area contributed by atoms with Gasteiger partial charge in [0.05, 0.1) is 5.88 Å². The molecule has 4 heteroatoms. The molecule has 0 aliphatic carbocycles. The normalized spacial score (nSPS) is 9.90. The molecule has 1 aromatic rings. The molecule has 0 atom stereocenters. The Bertz CT molecular complexity index is 237. The van der Waals surface area contributed by atoms with E-state index in [-0.39, 0.29) is 0 Å². The molecule has 54 valence electrons. The van der Waals surface area contributed by atoms with Crippen molar-refractivity contribution < 1.29 is 0 Å². The van der Waals surface area contributed by atoms with Crippen molar-refractivity contribution in [2.45, 2.75) is 12.8 Å². The van der Waals surface area contributed by atoms with Crippen molar-refractivity contribution in [2.75, 3.05) is 0 Å². The van der Waals surface area contributed by atoms with Gasteiger partial charge in [-0.25, -0.2) is 9.97 Å². The third-order valence-corrected chi connectivity index (χ3v) is 1.69. The Morgan fingerprint density at radius 3 is 2.80 bits per heavy atom. The van der Waals surface area contributed by atoms with E-state index in [4.69, 9.17) is 23.2 Å². The van der Waals surface area contributed by atoms with E-state index in [1.54, 1.807) is 13.1 Å². The number of hydrogen-bond donors (Lipinski definition) is 0. The number of nitrogens with zero attached hydrogens (tertiary/aromatic N) is 2. The molecule has 0 fully saturated rings. The highest BCUT2D eigenvalue weighted by Gasteiger charge is 1.99. The summed E-state index contributed by atoms with van der Waals surface area (Å²) in [5.74, 6) is 1.03. The molecule has 2 nitrogen and oxygen atoms in total. The van der Waals surface area contributed by atoms with Gasteiger partial charge in [-0.3, -0.25) is 0 Å². The Balaban J connectivity index is 3.07. The van der Waals surface area contributed by atoms with Crippen LogP contribution in [0.15, 0.2) is 6.20 Å². The fraction of sp³-hybridized carbons (Fsp3) is 0.333. The first kappa shape index (κ1) is 7.76. The summed E-state index contributed by atoms with van der Waals surface area (Å²) in [4.78, 5) is 7.85. The van der Waals surface area contributed by atoms with Gasteiger partial charge in [-0.2, -0.15) is 0 Å². The summed E-state index contributed by atoms with van der Waals surface area (Å²) in [6.45, 7) is 1.78. The molecular weight excluding hydrogens is 171 g/mol. The van der Waals surface area contributed by atoms with Gasteiger partial charge >= 0.3 is 0 Å². The molecular formula is C6H6Cl2N2. The Kier molecular flexibility index (Phi) is 2.46. The minimum absolute atomic E-state index is 0.360. The largest absolute Gasteiger partial charge is 0.241 e. The summed E-state index contributed by atoms with van der Waals surface area (Å²) in [7, 11) is 0. The molecule has 0 N–H and O–H groups in total. The standard InChI is InChI=1S/C6H6Cl2N2/c1-4-9-3-5(2-7)6(8)10-4/h3H,2H2,1H3. The van der Waals surface area contributed by atoms with Gasteiger partial charge in [0.15, 0.2) is 0 Å². The number of rotatable bonds is 1. The maximum Gasteiger partial charge on any atom is 0.137 e. The number of alkyl halides is 1. The van der Waals surface area contributed by atoms with Gasteiger partial charge in [-0.05, 0) is 6.92 Å². The summed E-state index contributed by atoms with van der Waals surface area (Å²) < 4.78 is 0. The average Bonchev–Trinajstić information content (AvgIpc) is 1.88. The first-order chi connectivity index (χ1) is 4.74. The van der Waals surface area contributed by atoms with Crippen molar-refractivity contribution in [1.82, 2.24) is 9.97 Å². The number of aryl methyl sites for hydroxylation is 1. The SMILES string of the molecule is Cc1ncc(CCl)c(Cl)n1. The lowest BCUT2D eigenvalue weighted by Crippen LogP contribution is -1.91. The maximum atomic E-state index is 5.69. The summed E-state index contributed by atoms with van der Waals surface area (Å²) in [6.07, 6.45) is 1.64. The Hall–Kier alpha value is -0.340. The van der Waals surface area contributed by atoms with Gasteiger partial charge < -0.3 is 0 Å². The predicted octanol–water partition coefficient (Wildman–Crippen LogP) is 2.18. The van der Waals surface area contributed by atoms with Crippen LogP contribution < -0.4 is 0 Å². The molecule has 0 aromatic carbocycles. The third kappa shape index (κ3) is 1.58. The van der Waals surface area contributed by atoms with Crippen LogP contribution in [0.3, 0.4) is 0 Å². The van der Waals surface area contributed by atoms with Crippen LogP contribution in [-0.2, 0) is 5.88 Å². The number of halogens is 2. The molecule has 0 amide bonds. The predicted molar refractivity (Wildman–Crippen MR) is 41.3 cm³/mol. The van der Waals surface area contributed by atoms with Gasteiger partial charge in [0.25, 0.3) is 0 Å². The summed E-state index contributed by atoms with van der Waals surface area (Å²) in [6, 6.07) is 0. The van der Waals surface area contributed by atoms with Crippen LogP contribution in [0.2, 0.25) is 5.15 Å². The van der Waals surface area contributed by atoms with E-state index in [9.17, 15) is 0 Å². The second-order valence-electron chi connectivity index (χ2n) is 1.87. The molecule has 0 spiro atoms. The Morgan fingerprint density at radius 2 is 2.30 bits per heavy atom. The van der Waals surface area contributed by atoms with Gasteiger partial charge in [0, 0.05) is 11.8 Å². The lowest BCUT2D eigenvalue weighted by Gasteiger charge is -1.97. The van der Waals surface area contributed by atoms with Crippen LogP contribution in [0.1, 0.15) is 11.4 Å². The van der Waals surface area contributed by atoms with Crippen molar-refractivity contribution in [3.05, 3.63) is 22.7 Å². The highest BCUT2D eigenvalue weighted by Crippen LogP contribution is 2.13. The van der Waals surface area contributed by atoms with Crippen molar-refractivity contribution in [3.8, 4) is 0 Å². The summed E-state index contributed by atoms with van der Waals surface area (Å²) in [5.41, 5.74) is 0.772. The zero-order valence-corrected chi connectivity index (χ0v) is 6.95. The van der Waals surface area contributed by atoms with Crippen molar-refractivity contribution in [2.24, 2.45) is 0 Å². The van der Waals surface area contributed by atoms with Gasteiger partial charge in [-0.15, -0.1) is 11.6 Å². The fourth-order valence-electron chi connectivity index (χ4n) is 0.557. The molecule has 0 bridgehead atoms. The zero-order valence-electron chi connectivity index (χ0n) is 5.43. The van der Waals surface area contributed by atoms with E-state index in [2.05, 4.69) is 9.97 Å². The van der Waals surface area contributed by atoms with Crippen LogP contribution in [0.5, 0.6) is 0 Å². The molecule has 0 aliphatic rings. The third-order valence-electron chi connectivity index (χ3n) is 1.08. The minimum atomic E-state index is 0.360. The smallest absolute Gasteiger partial charge is 0.137 e. The van der Waals surface area contributed by atoms with Gasteiger partial charge in [0.2, 0.25) is 0 Å². The minimum Gasteiger partial charge on any atom is -0.241 e. The zero-order chi connectivity index (χ0) is 7.56. The fourth-order valence-corrected chi connectivity index (χ4v) is 1.06. The first-order valence-electron chi connectivity index (χ1n) is 2.78. The van der Waals surface area contributed by atoms with Crippen LogP contribution in [0.25, 0.3) is 0 Å². The average molecular weight is 177 g/mol. The van der Waals surface area contributed by atoms with Crippen molar-refractivity contribution in [3.63, 3.8) is 0 Å². The van der Waals surface area contributed by atoms with Crippen LogP contribution in [0.4, 0.5) is 0 Å². The molecule has 0 unspecified atom stereocenters. The van der Waals surface area contributed by atoms with E-state index in [1.165, 1.54) is 0 Å². The second-order valence-corrected chi connectivity index (χ2v) is 2.49. The monoisotopic (exact) mass is 176 g/mol.